The van der Waals surface area contributed by atoms with Crippen LogP contribution in [0.4, 0.5) is 0 Å². The first-order chi connectivity index (χ1) is 9.99. The predicted octanol–water partition coefficient (Wildman–Crippen LogP) is 0.662. The topological polar surface area (TPSA) is 74.8 Å². The number of nitrogens with zero attached hydrogens (tertiary/aromatic N) is 2. The van der Waals surface area contributed by atoms with Crippen molar-refractivity contribution in [1.29, 1.82) is 0 Å². The normalized spacial score (nSPS) is 20.6. The number of hydrogen-bond donors (Lipinski definition) is 0. The van der Waals surface area contributed by atoms with Gasteiger partial charge in [-0.25, -0.2) is 0 Å². The molecule has 0 saturated carbocycles. The average molecular weight is 292 g/mol. The molecule has 0 aromatic rings. The van der Waals surface area contributed by atoms with Crippen molar-refractivity contribution in [3.63, 3.8) is 0 Å². The minimum Gasteiger partial charge on any atom is -0.340 e. The van der Waals surface area contributed by atoms with Crippen molar-refractivity contribution in [3.8, 4) is 0 Å². The van der Waals surface area contributed by atoms with Crippen LogP contribution < -0.4 is 0 Å². The lowest BCUT2D eigenvalue weighted by Crippen LogP contribution is -2.36. The molecule has 1 unspecified atom stereocenters. The van der Waals surface area contributed by atoms with Crippen molar-refractivity contribution < 1.29 is 19.2 Å². The van der Waals surface area contributed by atoms with Crippen molar-refractivity contribution >= 4 is 23.4 Å². The van der Waals surface area contributed by atoms with E-state index in [1.165, 1.54) is 11.1 Å². The lowest BCUT2D eigenvalue weighted by molar-refractivity contribution is -0.136. The Bertz CT molecular complexity index is 498. The van der Waals surface area contributed by atoms with Crippen LogP contribution in [0.15, 0.2) is 12.3 Å². The van der Waals surface area contributed by atoms with Gasteiger partial charge in [0.25, 0.3) is 0 Å². The summed E-state index contributed by atoms with van der Waals surface area (Å²) in [5, 5.41) is 0. The lowest BCUT2D eigenvalue weighted by atomic mass is 10.1. The second kappa shape index (κ2) is 6.65. The zero-order chi connectivity index (χ0) is 15.4. The van der Waals surface area contributed by atoms with Gasteiger partial charge in [0.1, 0.15) is 0 Å². The van der Waals surface area contributed by atoms with E-state index in [0.717, 1.165) is 18.9 Å². The number of ketones is 2. The third-order valence-corrected chi connectivity index (χ3v) is 3.91. The summed E-state index contributed by atoms with van der Waals surface area (Å²) in [6.45, 7) is 3.02. The highest BCUT2D eigenvalue weighted by Crippen LogP contribution is 2.16. The first-order valence-corrected chi connectivity index (χ1v) is 7.33. The second-order valence-corrected chi connectivity index (χ2v) is 5.54. The Morgan fingerprint density at radius 2 is 1.81 bits per heavy atom. The lowest BCUT2D eigenvalue weighted by Gasteiger charge is -2.23. The zero-order valence-corrected chi connectivity index (χ0v) is 12.2. The van der Waals surface area contributed by atoms with Crippen LogP contribution in [0, 0.1) is 0 Å². The van der Waals surface area contributed by atoms with E-state index in [-0.39, 0.29) is 24.3 Å². The molecule has 2 aliphatic rings. The fourth-order valence-corrected chi connectivity index (χ4v) is 2.69. The van der Waals surface area contributed by atoms with Crippen molar-refractivity contribution in [1.82, 2.24) is 9.80 Å². The predicted molar refractivity (Wildman–Crippen MR) is 75.1 cm³/mol. The van der Waals surface area contributed by atoms with E-state index in [1.54, 1.807) is 11.8 Å². The number of rotatable bonds is 6. The molecule has 0 aliphatic carbocycles. The maximum atomic E-state index is 11.9. The Kier molecular flexibility index (Phi) is 4.88. The van der Waals surface area contributed by atoms with E-state index in [9.17, 15) is 19.2 Å². The molecule has 0 spiro atoms. The molecule has 0 aromatic heterocycles. The molecule has 114 valence electrons. The number of allylic oxidation sites excluding steroid dienone is 1. The summed E-state index contributed by atoms with van der Waals surface area (Å²) < 4.78 is 0. The van der Waals surface area contributed by atoms with Crippen LogP contribution in [-0.4, -0.2) is 52.3 Å². The summed E-state index contributed by atoms with van der Waals surface area (Å²) in [5.74, 6) is -1.12. The van der Waals surface area contributed by atoms with Crippen molar-refractivity contribution in [2.45, 2.75) is 45.1 Å². The van der Waals surface area contributed by atoms with Crippen molar-refractivity contribution in [2.24, 2.45) is 0 Å². The third kappa shape index (κ3) is 3.77. The molecule has 0 aromatic carbocycles. The minimum absolute atomic E-state index is 0.0254. The Morgan fingerprint density at radius 1 is 1.14 bits per heavy atom. The van der Waals surface area contributed by atoms with Gasteiger partial charge in [-0.2, -0.15) is 0 Å². The van der Waals surface area contributed by atoms with Gasteiger partial charge in [0.05, 0.1) is 0 Å². The van der Waals surface area contributed by atoms with Gasteiger partial charge in [0.15, 0.2) is 0 Å². The standard InChI is InChI=1S/C15H20N2O4/c1-11(17-8-3-5-15(17)21)10-13(19)12(18)6-9-16-7-2-4-14(16)20/h6,9,11H,2-5,7-8,10H2,1H3/b9-6+. The molecule has 1 atom stereocenters. The van der Waals surface area contributed by atoms with Gasteiger partial charge in [-0.3, -0.25) is 19.2 Å². The van der Waals surface area contributed by atoms with Crippen LogP contribution in [0.3, 0.4) is 0 Å². The number of carbonyl (C=O) groups is 4. The van der Waals surface area contributed by atoms with Crippen LogP contribution in [0.2, 0.25) is 0 Å². The first kappa shape index (κ1) is 15.4. The molecule has 2 rings (SSSR count). The molecule has 6 heteroatoms. The Hall–Kier alpha value is -1.98. The van der Waals surface area contributed by atoms with E-state index in [4.69, 9.17) is 0 Å². The Labute approximate surface area is 123 Å². The van der Waals surface area contributed by atoms with Crippen LogP contribution in [0.5, 0.6) is 0 Å². The SMILES string of the molecule is CC(CC(=O)C(=O)/C=C/N1CCCC1=O)N1CCCC1=O. The largest absolute Gasteiger partial charge is 0.340 e. The highest BCUT2D eigenvalue weighted by Gasteiger charge is 2.27. The smallest absolute Gasteiger partial charge is 0.226 e. The average Bonchev–Trinajstić information content (AvgIpc) is 3.04. The van der Waals surface area contributed by atoms with Crippen LogP contribution in [0.25, 0.3) is 0 Å². The quantitative estimate of drug-likeness (QED) is 0.532. The zero-order valence-electron chi connectivity index (χ0n) is 12.2. The molecule has 0 N–H and O–H groups in total. The molecular weight excluding hydrogens is 272 g/mol. The molecule has 2 fully saturated rings. The summed E-state index contributed by atoms with van der Waals surface area (Å²) >= 11 is 0. The molecule has 0 bridgehead atoms. The molecule has 2 saturated heterocycles. The van der Waals surface area contributed by atoms with E-state index in [0.29, 0.717) is 25.9 Å². The van der Waals surface area contributed by atoms with Gasteiger partial charge in [0, 0.05) is 50.7 Å². The number of Topliss-reactive ketones (excluding diaryl/α,β-unsaturated/α-hetero) is 1. The minimum atomic E-state index is -0.617. The molecule has 6 nitrogen and oxygen atoms in total. The summed E-state index contributed by atoms with van der Waals surface area (Å²) in [5.41, 5.74) is 0. The summed E-state index contributed by atoms with van der Waals surface area (Å²) in [7, 11) is 0. The first-order valence-electron chi connectivity index (χ1n) is 7.33. The number of hydrogen-bond acceptors (Lipinski definition) is 4. The van der Waals surface area contributed by atoms with Gasteiger partial charge in [-0.15, -0.1) is 0 Å². The van der Waals surface area contributed by atoms with Crippen LogP contribution in [0.1, 0.15) is 39.0 Å². The van der Waals surface area contributed by atoms with E-state index in [1.807, 2.05) is 0 Å². The number of likely N-dealkylation sites (tertiary alicyclic amines) is 2. The maximum absolute atomic E-state index is 11.9. The summed E-state index contributed by atoms with van der Waals surface area (Å²) in [4.78, 5) is 49.7. The summed E-state index contributed by atoms with van der Waals surface area (Å²) in [6, 6.07) is -0.252. The Morgan fingerprint density at radius 3 is 2.38 bits per heavy atom. The van der Waals surface area contributed by atoms with E-state index < -0.39 is 11.6 Å². The van der Waals surface area contributed by atoms with E-state index in [2.05, 4.69) is 0 Å². The number of carbonyl (C=O) groups excluding carboxylic acids is 4. The molecule has 2 heterocycles. The highest BCUT2D eigenvalue weighted by atomic mass is 16.2. The fraction of sp³-hybridized carbons (Fsp3) is 0.600. The maximum Gasteiger partial charge on any atom is 0.226 e. The molecular formula is C15H20N2O4. The molecule has 2 aliphatic heterocycles. The molecule has 21 heavy (non-hydrogen) atoms. The Balaban J connectivity index is 1.84. The van der Waals surface area contributed by atoms with Crippen molar-refractivity contribution in [3.05, 3.63) is 12.3 Å². The molecule has 0 radical (unpaired) electrons. The fourth-order valence-electron chi connectivity index (χ4n) is 2.69. The highest BCUT2D eigenvalue weighted by molar-refractivity contribution is 6.41. The van der Waals surface area contributed by atoms with Gasteiger partial charge in [-0.05, 0) is 19.8 Å². The van der Waals surface area contributed by atoms with Crippen LogP contribution in [-0.2, 0) is 19.2 Å². The van der Waals surface area contributed by atoms with Crippen molar-refractivity contribution in [2.75, 3.05) is 13.1 Å². The second-order valence-electron chi connectivity index (χ2n) is 5.54. The van der Waals surface area contributed by atoms with Gasteiger partial charge in [0.2, 0.25) is 23.4 Å². The van der Waals surface area contributed by atoms with Gasteiger partial charge >= 0.3 is 0 Å². The van der Waals surface area contributed by atoms with Gasteiger partial charge in [-0.1, -0.05) is 0 Å². The third-order valence-electron chi connectivity index (χ3n) is 3.91. The van der Waals surface area contributed by atoms with E-state index >= 15 is 0 Å². The summed E-state index contributed by atoms with van der Waals surface area (Å²) in [6.07, 6.45) is 5.17. The van der Waals surface area contributed by atoms with Gasteiger partial charge < -0.3 is 9.80 Å². The van der Waals surface area contributed by atoms with Crippen LogP contribution >= 0.6 is 0 Å². The number of amides is 2. The molecule has 2 amide bonds. The monoisotopic (exact) mass is 292 g/mol.